The number of amides is 1. The van der Waals surface area contributed by atoms with Gasteiger partial charge in [0.05, 0.1) is 18.8 Å². The quantitative estimate of drug-likeness (QED) is 0.481. The molecule has 2 heterocycles. The molecule has 188 valence electrons. The second kappa shape index (κ2) is 10.0. The van der Waals surface area contributed by atoms with Crippen LogP contribution in [0.5, 0.6) is 5.75 Å². The van der Waals surface area contributed by atoms with Crippen LogP contribution in [0.4, 0.5) is 18.2 Å². The van der Waals surface area contributed by atoms with E-state index < -0.39 is 16.4 Å². The fraction of sp³-hybridized carbons (Fsp3) is 0.348. The maximum atomic E-state index is 13.6. The zero-order valence-corrected chi connectivity index (χ0v) is 20.5. The molecule has 35 heavy (non-hydrogen) atoms. The number of benzene rings is 2. The van der Waals surface area contributed by atoms with Crippen LogP contribution < -0.4 is 14.4 Å². The van der Waals surface area contributed by atoms with Gasteiger partial charge in [-0.25, -0.2) is 8.42 Å². The van der Waals surface area contributed by atoms with Crippen molar-refractivity contribution in [2.24, 2.45) is 0 Å². The number of hydrogen-bond donors (Lipinski definition) is 1. The Morgan fingerprint density at radius 2 is 1.86 bits per heavy atom. The molecule has 1 aliphatic heterocycles. The number of carbonyl (C=O) groups is 1. The lowest BCUT2D eigenvalue weighted by Gasteiger charge is -2.29. The molecule has 0 atom stereocenters. The van der Waals surface area contributed by atoms with Crippen molar-refractivity contribution in [3.8, 4) is 5.75 Å². The first kappa shape index (κ1) is 25.3. The summed E-state index contributed by atoms with van der Waals surface area (Å²) in [5.41, 5.74) is 1.32. The van der Waals surface area contributed by atoms with Crippen LogP contribution in [-0.2, 0) is 21.4 Å². The average Bonchev–Trinajstić information content (AvgIpc) is 3.12. The molecule has 1 saturated heterocycles. The van der Waals surface area contributed by atoms with Gasteiger partial charge in [-0.3, -0.25) is 14.0 Å². The highest BCUT2D eigenvalue weighted by atomic mass is 32.2. The normalized spacial score (nSPS) is 15.3. The van der Waals surface area contributed by atoms with Crippen molar-refractivity contribution in [3.05, 3.63) is 59.7 Å². The maximum Gasteiger partial charge on any atom is 0.573 e. The molecule has 1 amide bonds. The number of sulfonamides is 1. The summed E-state index contributed by atoms with van der Waals surface area (Å²) in [5, 5.41) is 4.21. The van der Waals surface area contributed by atoms with Gasteiger partial charge in [-0.1, -0.05) is 30.3 Å². The zero-order chi connectivity index (χ0) is 25.2. The highest BCUT2D eigenvalue weighted by Crippen LogP contribution is 2.39. The third-order valence-corrected chi connectivity index (χ3v) is 8.74. The van der Waals surface area contributed by atoms with Crippen LogP contribution in [0.25, 0.3) is 10.1 Å². The molecule has 2 aromatic carbocycles. The molecule has 7 nitrogen and oxygen atoms in total. The minimum Gasteiger partial charge on any atom is -0.406 e. The topological polar surface area (TPSA) is 79.0 Å². The van der Waals surface area contributed by atoms with Gasteiger partial charge in [-0.05, 0) is 41.6 Å². The van der Waals surface area contributed by atoms with Crippen molar-refractivity contribution < 1.29 is 31.1 Å². The number of nitrogens with one attached hydrogen (secondary N) is 1. The van der Waals surface area contributed by atoms with Crippen LogP contribution >= 0.6 is 11.3 Å². The summed E-state index contributed by atoms with van der Waals surface area (Å²) in [5.74, 6) is -0.729. The van der Waals surface area contributed by atoms with Crippen molar-refractivity contribution in [1.29, 1.82) is 0 Å². The van der Waals surface area contributed by atoms with E-state index in [4.69, 9.17) is 0 Å². The third kappa shape index (κ3) is 6.24. The molecule has 12 heteroatoms. The summed E-state index contributed by atoms with van der Waals surface area (Å²) in [7, 11) is -3.84. The average molecular weight is 528 g/mol. The van der Waals surface area contributed by atoms with Crippen LogP contribution in [0.3, 0.4) is 0 Å². The van der Waals surface area contributed by atoms with Gasteiger partial charge < -0.3 is 10.1 Å². The molecule has 0 unspecified atom stereocenters. The predicted octanol–water partition coefficient (Wildman–Crippen LogP) is 3.88. The van der Waals surface area contributed by atoms with Crippen molar-refractivity contribution in [2.75, 3.05) is 36.2 Å². The summed E-state index contributed by atoms with van der Waals surface area (Å²) in [6, 6.07) is 12.8. The third-order valence-electron chi connectivity index (χ3n) is 5.65. The first-order valence-electron chi connectivity index (χ1n) is 10.8. The van der Waals surface area contributed by atoms with Gasteiger partial charge in [0.25, 0.3) is 0 Å². The Bertz CT molecular complexity index is 1310. The molecular formula is C23H24F3N3O4S2. The van der Waals surface area contributed by atoms with E-state index in [2.05, 4.69) is 10.1 Å². The van der Waals surface area contributed by atoms with E-state index in [0.29, 0.717) is 23.7 Å². The Kier molecular flexibility index (Phi) is 7.25. The number of halogens is 3. The molecule has 1 aliphatic rings. The summed E-state index contributed by atoms with van der Waals surface area (Å²) in [4.78, 5) is 13.4. The number of ether oxygens (including phenoxy) is 1. The SMILES string of the molecule is Cc1c(N(Cc2ccc(OC(F)(F)F)cc2)S(=O)(=O)CCN2CCNC(=O)C2)sc2ccccc12. The number of nitrogens with zero attached hydrogens (tertiary/aromatic N) is 2. The number of aryl methyl sites for hydroxylation is 1. The molecule has 0 spiro atoms. The molecule has 0 saturated carbocycles. The maximum absolute atomic E-state index is 13.6. The number of hydrogen-bond acceptors (Lipinski definition) is 6. The molecule has 1 fully saturated rings. The molecule has 3 aromatic rings. The van der Waals surface area contributed by atoms with E-state index in [9.17, 15) is 26.4 Å². The Morgan fingerprint density at radius 1 is 1.14 bits per heavy atom. The molecule has 0 radical (unpaired) electrons. The van der Waals surface area contributed by atoms with Gasteiger partial charge in [0, 0.05) is 24.3 Å². The number of carbonyl (C=O) groups excluding carboxylic acids is 1. The van der Waals surface area contributed by atoms with E-state index in [-0.39, 0.29) is 37.0 Å². The van der Waals surface area contributed by atoms with Crippen molar-refractivity contribution in [3.63, 3.8) is 0 Å². The first-order valence-corrected chi connectivity index (χ1v) is 13.3. The minimum absolute atomic E-state index is 0.0528. The second-order valence-electron chi connectivity index (χ2n) is 8.17. The number of fused-ring (bicyclic) bond motifs is 1. The predicted molar refractivity (Wildman–Crippen MR) is 129 cm³/mol. The molecule has 4 rings (SSSR count). The van der Waals surface area contributed by atoms with Gasteiger partial charge >= 0.3 is 6.36 Å². The number of anilines is 1. The Morgan fingerprint density at radius 3 is 2.51 bits per heavy atom. The first-order chi connectivity index (χ1) is 16.5. The second-order valence-corrected chi connectivity index (χ2v) is 11.2. The Balaban J connectivity index is 1.62. The molecule has 0 aliphatic carbocycles. The van der Waals surface area contributed by atoms with E-state index in [1.54, 1.807) is 4.90 Å². The number of thiophene rings is 1. The fourth-order valence-electron chi connectivity index (χ4n) is 3.90. The summed E-state index contributed by atoms with van der Waals surface area (Å²) >= 11 is 1.35. The summed E-state index contributed by atoms with van der Waals surface area (Å²) in [6.07, 6.45) is -4.81. The van der Waals surface area contributed by atoms with Gasteiger partial charge in [-0.15, -0.1) is 24.5 Å². The number of piperazine rings is 1. The van der Waals surface area contributed by atoms with E-state index in [1.807, 2.05) is 31.2 Å². The smallest absolute Gasteiger partial charge is 0.406 e. The van der Waals surface area contributed by atoms with Crippen molar-refractivity contribution in [2.45, 2.75) is 19.8 Å². The zero-order valence-electron chi connectivity index (χ0n) is 18.8. The van der Waals surface area contributed by atoms with Crippen LogP contribution in [0.15, 0.2) is 48.5 Å². The van der Waals surface area contributed by atoms with Gasteiger partial charge in [-0.2, -0.15) is 0 Å². The Hall–Kier alpha value is -2.83. The summed E-state index contributed by atoms with van der Waals surface area (Å²) < 4.78 is 70.8. The highest BCUT2D eigenvalue weighted by Gasteiger charge is 2.31. The van der Waals surface area contributed by atoms with Gasteiger partial charge in [0.1, 0.15) is 10.8 Å². The number of alkyl halides is 3. The lowest BCUT2D eigenvalue weighted by Crippen LogP contribution is -2.49. The Labute approximate surface area is 205 Å². The van der Waals surface area contributed by atoms with Crippen molar-refractivity contribution >= 4 is 42.4 Å². The van der Waals surface area contributed by atoms with Crippen LogP contribution in [-0.4, -0.2) is 57.5 Å². The molecule has 1 aromatic heterocycles. The molecule has 1 N–H and O–H groups in total. The van der Waals surface area contributed by atoms with Crippen LogP contribution in [0, 0.1) is 6.92 Å². The number of rotatable bonds is 8. The monoisotopic (exact) mass is 527 g/mol. The van der Waals surface area contributed by atoms with Gasteiger partial charge in [0.15, 0.2) is 0 Å². The lowest BCUT2D eigenvalue weighted by molar-refractivity contribution is -0.274. The summed E-state index contributed by atoms with van der Waals surface area (Å²) in [6.45, 7) is 3.15. The van der Waals surface area contributed by atoms with E-state index >= 15 is 0 Å². The van der Waals surface area contributed by atoms with E-state index in [0.717, 1.165) is 27.8 Å². The largest absolute Gasteiger partial charge is 0.573 e. The van der Waals surface area contributed by atoms with Crippen molar-refractivity contribution in [1.82, 2.24) is 10.2 Å². The minimum atomic E-state index is -4.81. The molecule has 0 bridgehead atoms. The lowest BCUT2D eigenvalue weighted by atomic mass is 10.2. The van der Waals surface area contributed by atoms with Crippen LogP contribution in [0.1, 0.15) is 11.1 Å². The standard InChI is InChI=1S/C23H24F3N3O4S2/c1-16-19-4-2-3-5-20(19)34-22(16)29(14-17-6-8-18(9-7-17)33-23(24,25)26)35(31,32)13-12-28-11-10-27-21(30)15-28/h2-9H,10-15H2,1H3,(H,27,30). The van der Waals surface area contributed by atoms with Gasteiger partial charge in [0.2, 0.25) is 15.9 Å². The highest BCUT2D eigenvalue weighted by molar-refractivity contribution is 7.93. The molecular weight excluding hydrogens is 503 g/mol. The fourth-order valence-corrected chi connectivity index (χ4v) is 6.91. The van der Waals surface area contributed by atoms with Crippen LogP contribution in [0.2, 0.25) is 0 Å². The van der Waals surface area contributed by atoms with E-state index in [1.165, 1.54) is 27.8 Å².